The zero-order valence-electron chi connectivity index (χ0n) is 7.82. The SMILES string of the molecule is Clc1ncc(Br)c(Cc2ccccc2)n1. The highest BCUT2D eigenvalue weighted by Crippen LogP contribution is 2.18. The van der Waals surface area contributed by atoms with Gasteiger partial charge in [0.05, 0.1) is 10.2 Å². The summed E-state index contributed by atoms with van der Waals surface area (Å²) in [5, 5.41) is 0.282. The highest BCUT2D eigenvalue weighted by Gasteiger charge is 2.04. The van der Waals surface area contributed by atoms with E-state index in [1.807, 2.05) is 18.2 Å². The average molecular weight is 284 g/mol. The Labute approximate surface area is 101 Å². The van der Waals surface area contributed by atoms with E-state index in [2.05, 4.69) is 38.0 Å². The Balaban J connectivity index is 2.28. The number of hydrogen-bond acceptors (Lipinski definition) is 2. The molecular formula is C11H8BrClN2. The molecule has 2 aromatic rings. The van der Waals surface area contributed by atoms with Crippen molar-refractivity contribution in [1.82, 2.24) is 9.97 Å². The van der Waals surface area contributed by atoms with E-state index < -0.39 is 0 Å². The normalized spacial score (nSPS) is 10.3. The number of hydrogen-bond donors (Lipinski definition) is 0. The standard InChI is InChI=1S/C11H8BrClN2/c12-9-7-14-11(13)15-10(9)6-8-4-2-1-3-5-8/h1-5,7H,6H2. The van der Waals surface area contributed by atoms with Crippen LogP contribution in [0.5, 0.6) is 0 Å². The molecule has 2 rings (SSSR count). The number of rotatable bonds is 2. The van der Waals surface area contributed by atoms with E-state index in [4.69, 9.17) is 11.6 Å². The van der Waals surface area contributed by atoms with Crippen molar-refractivity contribution in [2.45, 2.75) is 6.42 Å². The third-order valence-corrected chi connectivity index (χ3v) is 2.85. The molecule has 15 heavy (non-hydrogen) atoms. The number of halogens is 2. The Kier molecular flexibility index (Phi) is 3.34. The molecule has 0 radical (unpaired) electrons. The maximum Gasteiger partial charge on any atom is 0.222 e. The molecule has 2 nitrogen and oxygen atoms in total. The molecule has 1 heterocycles. The van der Waals surface area contributed by atoms with E-state index in [0.29, 0.717) is 0 Å². The molecule has 0 spiro atoms. The Hall–Kier alpha value is -0.930. The first-order valence-corrected chi connectivity index (χ1v) is 5.63. The Morgan fingerprint density at radius 2 is 1.93 bits per heavy atom. The molecule has 0 saturated carbocycles. The number of nitrogens with zero attached hydrogens (tertiary/aromatic N) is 2. The van der Waals surface area contributed by atoms with Crippen LogP contribution in [0.4, 0.5) is 0 Å². The van der Waals surface area contributed by atoms with Crippen molar-refractivity contribution in [2.24, 2.45) is 0 Å². The molecule has 0 bridgehead atoms. The smallest absolute Gasteiger partial charge is 0.222 e. The van der Waals surface area contributed by atoms with Crippen LogP contribution >= 0.6 is 27.5 Å². The summed E-state index contributed by atoms with van der Waals surface area (Å²) in [5.74, 6) is 0. The summed E-state index contributed by atoms with van der Waals surface area (Å²) in [4.78, 5) is 8.06. The van der Waals surface area contributed by atoms with Crippen LogP contribution in [0.1, 0.15) is 11.3 Å². The third-order valence-electron chi connectivity index (χ3n) is 2.00. The second kappa shape index (κ2) is 4.73. The first-order valence-electron chi connectivity index (χ1n) is 4.46. The van der Waals surface area contributed by atoms with Crippen LogP contribution in [-0.2, 0) is 6.42 Å². The predicted molar refractivity (Wildman–Crippen MR) is 64.0 cm³/mol. The predicted octanol–water partition coefficient (Wildman–Crippen LogP) is 3.48. The summed E-state index contributed by atoms with van der Waals surface area (Å²) in [6.07, 6.45) is 2.43. The van der Waals surface area contributed by atoms with E-state index in [0.717, 1.165) is 16.6 Å². The van der Waals surface area contributed by atoms with Gasteiger partial charge in [0.1, 0.15) is 0 Å². The lowest BCUT2D eigenvalue weighted by atomic mass is 10.1. The van der Waals surface area contributed by atoms with Gasteiger partial charge in [-0.1, -0.05) is 30.3 Å². The first kappa shape index (κ1) is 10.6. The molecule has 76 valence electrons. The fraction of sp³-hybridized carbons (Fsp3) is 0.0909. The summed E-state index contributed by atoms with van der Waals surface area (Å²) in [6.45, 7) is 0. The summed E-state index contributed by atoms with van der Waals surface area (Å²) in [6, 6.07) is 10.1. The van der Waals surface area contributed by atoms with E-state index in [1.165, 1.54) is 5.56 Å². The number of aromatic nitrogens is 2. The summed E-state index contributed by atoms with van der Waals surface area (Å²) in [5.41, 5.74) is 2.11. The molecule has 0 aliphatic rings. The average Bonchev–Trinajstić information content (AvgIpc) is 2.25. The van der Waals surface area contributed by atoms with Crippen molar-refractivity contribution in [3.05, 3.63) is 57.5 Å². The molecule has 0 N–H and O–H groups in total. The molecular weight excluding hydrogens is 275 g/mol. The molecule has 1 aromatic carbocycles. The highest BCUT2D eigenvalue weighted by molar-refractivity contribution is 9.10. The molecule has 1 aromatic heterocycles. The largest absolute Gasteiger partial charge is 0.225 e. The van der Waals surface area contributed by atoms with E-state index >= 15 is 0 Å². The van der Waals surface area contributed by atoms with Crippen molar-refractivity contribution in [1.29, 1.82) is 0 Å². The lowest BCUT2D eigenvalue weighted by Gasteiger charge is -2.03. The van der Waals surface area contributed by atoms with Crippen LogP contribution in [0.2, 0.25) is 5.28 Å². The maximum absolute atomic E-state index is 5.74. The first-order chi connectivity index (χ1) is 7.25. The zero-order chi connectivity index (χ0) is 10.7. The third kappa shape index (κ3) is 2.76. The van der Waals surface area contributed by atoms with Gasteiger partial charge in [-0.15, -0.1) is 0 Å². The molecule has 0 fully saturated rings. The lowest BCUT2D eigenvalue weighted by Crippen LogP contribution is -1.95. The van der Waals surface area contributed by atoms with Crippen molar-refractivity contribution in [3.8, 4) is 0 Å². The summed E-state index contributed by atoms with van der Waals surface area (Å²) in [7, 11) is 0. The van der Waals surface area contributed by atoms with Crippen LogP contribution in [0.25, 0.3) is 0 Å². The topological polar surface area (TPSA) is 25.8 Å². The van der Waals surface area contributed by atoms with Crippen LogP contribution in [0.3, 0.4) is 0 Å². The van der Waals surface area contributed by atoms with Gasteiger partial charge in [0, 0.05) is 12.6 Å². The van der Waals surface area contributed by atoms with Gasteiger partial charge in [0.15, 0.2) is 0 Å². The molecule has 0 amide bonds. The van der Waals surface area contributed by atoms with Crippen LogP contribution in [0.15, 0.2) is 41.0 Å². The molecule has 0 aliphatic carbocycles. The van der Waals surface area contributed by atoms with Crippen molar-refractivity contribution in [2.75, 3.05) is 0 Å². The molecule has 0 atom stereocenters. The Morgan fingerprint density at radius 3 is 2.67 bits per heavy atom. The minimum absolute atomic E-state index is 0.282. The van der Waals surface area contributed by atoms with Gasteiger partial charge >= 0.3 is 0 Å². The van der Waals surface area contributed by atoms with Gasteiger partial charge in [0.2, 0.25) is 5.28 Å². The van der Waals surface area contributed by atoms with E-state index in [9.17, 15) is 0 Å². The summed E-state index contributed by atoms with van der Waals surface area (Å²) >= 11 is 9.14. The van der Waals surface area contributed by atoms with Crippen molar-refractivity contribution < 1.29 is 0 Å². The lowest BCUT2D eigenvalue weighted by molar-refractivity contribution is 1.01. The Morgan fingerprint density at radius 1 is 1.20 bits per heavy atom. The quantitative estimate of drug-likeness (QED) is 0.789. The minimum atomic E-state index is 0.282. The van der Waals surface area contributed by atoms with Crippen molar-refractivity contribution >= 4 is 27.5 Å². The van der Waals surface area contributed by atoms with Crippen molar-refractivity contribution in [3.63, 3.8) is 0 Å². The summed E-state index contributed by atoms with van der Waals surface area (Å²) < 4.78 is 0.885. The number of benzene rings is 1. The van der Waals surface area contributed by atoms with Gasteiger partial charge in [-0.25, -0.2) is 9.97 Å². The zero-order valence-corrected chi connectivity index (χ0v) is 10.2. The van der Waals surface area contributed by atoms with Gasteiger partial charge in [-0.3, -0.25) is 0 Å². The molecule has 0 aliphatic heterocycles. The highest BCUT2D eigenvalue weighted by atomic mass is 79.9. The molecule has 4 heteroatoms. The van der Waals surface area contributed by atoms with Gasteiger partial charge in [0.25, 0.3) is 0 Å². The van der Waals surface area contributed by atoms with E-state index in [-0.39, 0.29) is 5.28 Å². The van der Waals surface area contributed by atoms with Crippen LogP contribution < -0.4 is 0 Å². The van der Waals surface area contributed by atoms with Gasteiger partial charge in [-0.2, -0.15) is 0 Å². The fourth-order valence-corrected chi connectivity index (χ4v) is 1.77. The monoisotopic (exact) mass is 282 g/mol. The second-order valence-electron chi connectivity index (χ2n) is 3.10. The van der Waals surface area contributed by atoms with Gasteiger partial charge < -0.3 is 0 Å². The van der Waals surface area contributed by atoms with Crippen LogP contribution in [-0.4, -0.2) is 9.97 Å². The van der Waals surface area contributed by atoms with E-state index in [1.54, 1.807) is 6.20 Å². The maximum atomic E-state index is 5.74. The van der Waals surface area contributed by atoms with Crippen LogP contribution in [0, 0.1) is 0 Å². The second-order valence-corrected chi connectivity index (χ2v) is 4.29. The van der Waals surface area contributed by atoms with Gasteiger partial charge in [-0.05, 0) is 33.1 Å². The molecule has 0 saturated heterocycles. The Bertz CT molecular complexity index is 459. The molecule has 0 unspecified atom stereocenters. The minimum Gasteiger partial charge on any atom is -0.225 e. The fourth-order valence-electron chi connectivity index (χ4n) is 1.29.